The third-order valence-corrected chi connectivity index (χ3v) is 3.85. The predicted molar refractivity (Wildman–Crippen MR) is 96.1 cm³/mol. The standard InChI is InChI=1S/C19H17N5O2/c25-18(16-10-6-12-26-16)24-19(21-13-14-7-2-1-3-8-14)22-17(23-24)15-9-4-5-11-20-15/h1-12,18,25H,13H2,(H,21,22,23). The predicted octanol–water partition coefficient (Wildman–Crippen LogP) is 3.08. The van der Waals surface area contributed by atoms with Crippen molar-refractivity contribution in [2.24, 2.45) is 0 Å². The molecule has 130 valence electrons. The summed E-state index contributed by atoms with van der Waals surface area (Å²) in [5, 5.41) is 18.3. The van der Waals surface area contributed by atoms with Gasteiger partial charge in [-0.05, 0) is 29.8 Å². The van der Waals surface area contributed by atoms with Crippen molar-refractivity contribution >= 4 is 5.95 Å². The number of pyridine rings is 1. The molecule has 0 bridgehead atoms. The van der Waals surface area contributed by atoms with Gasteiger partial charge in [0, 0.05) is 12.7 Å². The minimum absolute atomic E-state index is 0.380. The first-order valence-electron chi connectivity index (χ1n) is 8.18. The van der Waals surface area contributed by atoms with Gasteiger partial charge in [-0.25, -0.2) is 0 Å². The van der Waals surface area contributed by atoms with E-state index in [1.807, 2.05) is 48.5 Å². The highest BCUT2D eigenvalue weighted by molar-refractivity contribution is 5.51. The van der Waals surface area contributed by atoms with Crippen molar-refractivity contribution in [3.63, 3.8) is 0 Å². The number of hydrogen-bond acceptors (Lipinski definition) is 6. The van der Waals surface area contributed by atoms with Gasteiger partial charge in [-0.3, -0.25) is 4.98 Å². The summed E-state index contributed by atoms with van der Waals surface area (Å²) < 4.78 is 6.70. The van der Waals surface area contributed by atoms with Gasteiger partial charge in [0.05, 0.1) is 6.26 Å². The number of benzene rings is 1. The van der Waals surface area contributed by atoms with Crippen LogP contribution >= 0.6 is 0 Å². The van der Waals surface area contributed by atoms with E-state index in [9.17, 15) is 5.11 Å². The van der Waals surface area contributed by atoms with E-state index < -0.39 is 6.23 Å². The Kier molecular flexibility index (Phi) is 4.44. The van der Waals surface area contributed by atoms with E-state index in [0.29, 0.717) is 29.8 Å². The normalized spacial score (nSPS) is 12.0. The molecule has 0 aliphatic rings. The van der Waals surface area contributed by atoms with Crippen LogP contribution in [0.25, 0.3) is 11.5 Å². The van der Waals surface area contributed by atoms with Crippen LogP contribution in [0.15, 0.2) is 77.5 Å². The van der Waals surface area contributed by atoms with Gasteiger partial charge in [0.15, 0.2) is 5.76 Å². The maximum absolute atomic E-state index is 10.6. The lowest BCUT2D eigenvalue weighted by molar-refractivity contribution is 0.109. The Bertz CT molecular complexity index is 952. The zero-order valence-electron chi connectivity index (χ0n) is 13.9. The molecule has 0 radical (unpaired) electrons. The van der Waals surface area contributed by atoms with Gasteiger partial charge < -0.3 is 14.8 Å². The molecule has 7 heteroatoms. The van der Waals surface area contributed by atoms with Crippen LogP contribution < -0.4 is 5.32 Å². The first-order chi connectivity index (χ1) is 12.8. The molecule has 0 aliphatic carbocycles. The molecule has 4 aromatic rings. The summed E-state index contributed by atoms with van der Waals surface area (Å²) in [4.78, 5) is 8.78. The molecule has 0 saturated heterocycles. The SMILES string of the molecule is OC(c1ccco1)n1nc(-c2ccccn2)nc1NCc1ccccc1. The van der Waals surface area contributed by atoms with Crippen molar-refractivity contribution in [3.8, 4) is 11.5 Å². The number of furan rings is 1. The minimum atomic E-state index is -1.09. The highest BCUT2D eigenvalue weighted by atomic mass is 16.4. The summed E-state index contributed by atoms with van der Waals surface area (Å²) in [5.74, 6) is 1.23. The molecule has 0 amide bonds. The van der Waals surface area contributed by atoms with E-state index in [-0.39, 0.29) is 0 Å². The Morgan fingerprint density at radius 3 is 2.62 bits per heavy atom. The molecule has 3 aromatic heterocycles. The third kappa shape index (κ3) is 3.33. The number of aliphatic hydroxyl groups is 1. The second kappa shape index (κ2) is 7.20. The number of nitrogens with one attached hydrogen (secondary N) is 1. The van der Waals surface area contributed by atoms with Crippen molar-refractivity contribution in [2.75, 3.05) is 5.32 Å². The number of aliphatic hydroxyl groups excluding tert-OH is 1. The lowest BCUT2D eigenvalue weighted by atomic mass is 10.2. The van der Waals surface area contributed by atoms with E-state index in [0.717, 1.165) is 5.56 Å². The van der Waals surface area contributed by atoms with Crippen LogP contribution in [0.2, 0.25) is 0 Å². The van der Waals surface area contributed by atoms with Gasteiger partial charge in [-0.1, -0.05) is 36.4 Å². The average molecular weight is 347 g/mol. The summed E-state index contributed by atoms with van der Waals surface area (Å²) in [6.07, 6.45) is 2.09. The van der Waals surface area contributed by atoms with Crippen LogP contribution in [0.3, 0.4) is 0 Å². The van der Waals surface area contributed by atoms with E-state index in [4.69, 9.17) is 4.42 Å². The summed E-state index contributed by atoms with van der Waals surface area (Å²) in [5.41, 5.74) is 1.72. The second-order valence-electron chi connectivity index (χ2n) is 5.65. The van der Waals surface area contributed by atoms with Crippen LogP contribution in [-0.4, -0.2) is 24.9 Å². The lowest BCUT2D eigenvalue weighted by Gasteiger charge is -2.12. The van der Waals surface area contributed by atoms with Crippen molar-refractivity contribution in [3.05, 3.63) is 84.4 Å². The molecule has 0 saturated carbocycles. The summed E-state index contributed by atoms with van der Waals surface area (Å²) in [6, 6.07) is 18.8. The zero-order valence-corrected chi connectivity index (χ0v) is 13.9. The van der Waals surface area contributed by atoms with E-state index in [1.165, 1.54) is 10.9 Å². The first kappa shape index (κ1) is 16.0. The van der Waals surface area contributed by atoms with Crippen LogP contribution in [-0.2, 0) is 6.54 Å². The topological polar surface area (TPSA) is 89.0 Å². The molecule has 0 fully saturated rings. The molecule has 26 heavy (non-hydrogen) atoms. The summed E-state index contributed by atoms with van der Waals surface area (Å²) in [6.45, 7) is 0.548. The van der Waals surface area contributed by atoms with Gasteiger partial charge >= 0.3 is 0 Å². The Morgan fingerprint density at radius 1 is 1.04 bits per heavy atom. The van der Waals surface area contributed by atoms with Crippen LogP contribution in [0.5, 0.6) is 0 Å². The van der Waals surface area contributed by atoms with Gasteiger partial charge in [-0.2, -0.15) is 9.67 Å². The van der Waals surface area contributed by atoms with Crippen LogP contribution in [0.4, 0.5) is 5.95 Å². The largest absolute Gasteiger partial charge is 0.464 e. The van der Waals surface area contributed by atoms with Crippen LogP contribution in [0, 0.1) is 0 Å². The first-order valence-corrected chi connectivity index (χ1v) is 8.18. The quantitative estimate of drug-likeness (QED) is 0.557. The van der Waals surface area contributed by atoms with Crippen molar-refractivity contribution in [1.82, 2.24) is 19.7 Å². The van der Waals surface area contributed by atoms with E-state index in [1.54, 1.807) is 18.3 Å². The Morgan fingerprint density at radius 2 is 1.88 bits per heavy atom. The molecule has 3 heterocycles. The number of nitrogens with zero attached hydrogens (tertiary/aromatic N) is 4. The Balaban J connectivity index is 1.67. The molecule has 7 nitrogen and oxygen atoms in total. The lowest BCUT2D eigenvalue weighted by Crippen LogP contribution is -2.15. The maximum atomic E-state index is 10.6. The van der Waals surface area contributed by atoms with Gasteiger partial charge in [0.1, 0.15) is 5.69 Å². The summed E-state index contributed by atoms with van der Waals surface area (Å²) >= 11 is 0. The number of hydrogen-bond donors (Lipinski definition) is 2. The van der Waals surface area contributed by atoms with Gasteiger partial charge in [0.25, 0.3) is 0 Å². The second-order valence-corrected chi connectivity index (χ2v) is 5.65. The number of rotatable bonds is 6. The molecule has 0 spiro atoms. The van der Waals surface area contributed by atoms with Crippen molar-refractivity contribution in [1.29, 1.82) is 0 Å². The average Bonchev–Trinajstić information content (AvgIpc) is 3.38. The number of anilines is 1. The monoisotopic (exact) mass is 347 g/mol. The Hall–Kier alpha value is -3.45. The molecule has 1 atom stereocenters. The fraction of sp³-hybridized carbons (Fsp3) is 0.105. The van der Waals surface area contributed by atoms with Crippen molar-refractivity contribution < 1.29 is 9.52 Å². The molecule has 2 N–H and O–H groups in total. The smallest absolute Gasteiger partial charge is 0.224 e. The third-order valence-electron chi connectivity index (χ3n) is 3.85. The highest BCUT2D eigenvalue weighted by Crippen LogP contribution is 2.23. The summed E-state index contributed by atoms with van der Waals surface area (Å²) in [7, 11) is 0. The molecule has 1 unspecified atom stereocenters. The molecular formula is C19H17N5O2. The van der Waals surface area contributed by atoms with Crippen LogP contribution in [0.1, 0.15) is 17.6 Å². The molecule has 4 rings (SSSR count). The van der Waals surface area contributed by atoms with E-state index in [2.05, 4.69) is 20.4 Å². The zero-order chi connectivity index (χ0) is 17.8. The molecular weight excluding hydrogens is 330 g/mol. The van der Waals surface area contributed by atoms with E-state index >= 15 is 0 Å². The Labute approximate surface area is 150 Å². The molecule has 0 aliphatic heterocycles. The minimum Gasteiger partial charge on any atom is -0.464 e. The highest BCUT2D eigenvalue weighted by Gasteiger charge is 2.21. The van der Waals surface area contributed by atoms with Crippen molar-refractivity contribution in [2.45, 2.75) is 12.8 Å². The van der Waals surface area contributed by atoms with Gasteiger partial charge in [0.2, 0.25) is 18.0 Å². The fourth-order valence-electron chi connectivity index (χ4n) is 2.55. The maximum Gasteiger partial charge on any atom is 0.224 e. The fourth-order valence-corrected chi connectivity index (χ4v) is 2.55. The number of aromatic nitrogens is 4. The van der Waals surface area contributed by atoms with Gasteiger partial charge in [-0.15, -0.1) is 5.10 Å². The molecule has 1 aromatic carbocycles.